The Balaban J connectivity index is 0. The molecule has 0 aliphatic heterocycles. The fourth-order valence-electron chi connectivity index (χ4n) is 0.654. The van der Waals surface area contributed by atoms with E-state index in [1.54, 1.807) is 35.8 Å². The van der Waals surface area contributed by atoms with E-state index in [0.29, 0.717) is 5.56 Å². The molecule has 0 saturated carbocycles. The molecular formula is C7H8NNaO2. The van der Waals surface area contributed by atoms with Gasteiger partial charge in [0.1, 0.15) is 0 Å². The molecule has 0 saturated heterocycles. The van der Waals surface area contributed by atoms with Gasteiger partial charge < -0.3 is 1.43 Å². The number of hydrogen-bond acceptors (Lipinski definition) is 2. The molecule has 1 aromatic rings. The van der Waals surface area contributed by atoms with Gasteiger partial charge in [0.15, 0.2) is 0 Å². The molecule has 0 bridgehead atoms. The molecular weight excluding hydrogens is 153 g/mol. The molecule has 0 radical (unpaired) electrons. The predicted octanol–water partition coefficient (Wildman–Crippen LogP) is -2.08. The summed E-state index contributed by atoms with van der Waals surface area (Å²) in [6.45, 7) is 0. The van der Waals surface area contributed by atoms with Gasteiger partial charge >= 0.3 is 29.6 Å². The quantitative estimate of drug-likeness (QED) is 0.282. The van der Waals surface area contributed by atoms with Gasteiger partial charge in [-0.25, -0.2) is 5.48 Å². The van der Waals surface area contributed by atoms with Gasteiger partial charge in [0, 0.05) is 5.56 Å². The minimum Gasteiger partial charge on any atom is -1.00 e. The molecule has 1 aromatic carbocycles. The third-order valence-corrected chi connectivity index (χ3v) is 1.14. The fraction of sp³-hybridized carbons (Fsp3) is 0. The zero-order chi connectivity index (χ0) is 7.40. The van der Waals surface area contributed by atoms with Gasteiger partial charge in [0.2, 0.25) is 0 Å². The van der Waals surface area contributed by atoms with E-state index in [2.05, 4.69) is 0 Å². The van der Waals surface area contributed by atoms with Crippen LogP contribution in [0, 0.1) is 0 Å². The smallest absolute Gasteiger partial charge is 1.00 e. The Morgan fingerprint density at radius 3 is 2.36 bits per heavy atom. The standard InChI is InChI=1S/C7H7NO2.Na.H/c9-7(8-10)6-4-2-1-3-5-6;;/h1-5,10H,(H,8,9);;/q;+1;-1. The molecule has 0 unspecified atom stereocenters. The predicted molar refractivity (Wildman–Crippen MR) is 36.8 cm³/mol. The summed E-state index contributed by atoms with van der Waals surface area (Å²) in [4.78, 5) is 10.7. The molecule has 0 spiro atoms. The van der Waals surface area contributed by atoms with Crippen LogP contribution >= 0.6 is 0 Å². The van der Waals surface area contributed by atoms with E-state index < -0.39 is 5.91 Å². The molecule has 11 heavy (non-hydrogen) atoms. The monoisotopic (exact) mass is 161 g/mol. The third kappa shape index (κ3) is 3.03. The summed E-state index contributed by atoms with van der Waals surface area (Å²) in [7, 11) is 0. The first kappa shape index (κ1) is 10.7. The van der Waals surface area contributed by atoms with E-state index in [0.717, 1.165) is 0 Å². The summed E-state index contributed by atoms with van der Waals surface area (Å²) >= 11 is 0. The first-order valence-electron chi connectivity index (χ1n) is 2.84. The SMILES string of the molecule is O=C(NO)c1ccccc1.[H-].[Na+]. The van der Waals surface area contributed by atoms with E-state index in [9.17, 15) is 4.79 Å². The first-order valence-corrected chi connectivity index (χ1v) is 2.84. The van der Waals surface area contributed by atoms with Crippen LogP contribution < -0.4 is 35.0 Å². The second-order valence-corrected chi connectivity index (χ2v) is 1.81. The van der Waals surface area contributed by atoms with Crippen LogP contribution in [0.2, 0.25) is 0 Å². The van der Waals surface area contributed by atoms with Crippen molar-refractivity contribution in [1.82, 2.24) is 5.48 Å². The maximum absolute atomic E-state index is 10.7. The average Bonchev–Trinajstić information content (AvgIpc) is 2.05. The van der Waals surface area contributed by atoms with Gasteiger partial charge in [-0.1, -0.05) is 18.2 Å². The number of rotatable bonds is 1. The Hall–Kier alpha value is -0.350. The largest absolute Gasteiger partial charge is 1.00 e. The van der Waals surface area contributed by atoms with E-state index in [4.69, 9.17) is 5.21 Å². The van der Waals surface area contributed by atoms with E-state index in [-0.39, 0.29) is 31.0 Å². The number of hydroxylamine groups is 1. The van der Waals surface area contributed by atoms with Crippen molar-refractivity contribution in [2.45, 2.75) is 0 Å². The van der Waals surface area contributed by atoms with E-state index in [1.807, 2.05) is 0 Å². The Labute approximate surface area is 88.2 Å². The normalized spacial score (nSPS) is 8.09. The van der Waals surface area contributed by atoms with Gasteiger partial charge in [-0.15, -0.1) is 0 Å². The van der Waals surface area contributed by atoms with Crippen LogP contribution in [0.3, 0.4) is 0 Å². The van der Waals surface area contributed by atoms with Crippen molar-refractivity contribution in [3.8, 4) is 0 Å². The molecule has 0 aliphatic carbocycles. The number of nitrogens with one attached hydrogen (secondary N) is 1. The molecule has 0 atom stereocenters. The van der Waals surface area contributed by atoms with Crippen LogP contribution in [-0.4, -0.2) is 11.1 Å². The molecule has 3 nitrogen and oxygen atoms in total. The van der Waals surface area contributed by atoms with Crippen molar-refractivity contribution in [2.24, 2.45) is 0 Å². The van der Waals surface area contributed by atoms with E-state index in [1.165, 1.54) is 0 Å². The van der Waals surface area contributed by atoms with Crippen LogP contribution in [0.5, 0.6) is 0 Å². The van der Waals surface area contributed by atoms with E-state index >= 15 is 0 Å². The van der Waals surface area contributed by atoms with Crippen molar-refractivity contribution >= 4 is 5.91 Å². The number of carbonyl (C=O) groups is 1. The fourth-order valence-corrected chi connectivity index (χ4v) is 0.654. The summed E-state index contributed by atoms with van der Waals surface area (Å²) in [6.07, 6.45) is 0. The van der Waals surface area contributed by atoms with Gasteiger partial charge in [0.05, 0.1) is 0 Å². The van der Waals surface area contributed by atoms with Crippen LogP contribution in [0.4, 0.5) is 0 Å². The summed E-state index contributed by atoms with van der Waals surface area (Å²) < 4.78 is 0. The minimum absolute atomic E-state index is 0. The Morgan fingerprint density at radius 2 is 1.91 bits per heavy atom. The average molecular weight is 161 g/mol. The molecule has 4 heteroatoms. The van der Waals surface area contributed by atoms with Crippen molar-refractivity contribution in [2.75, 3.05) is 0 Å². The molecule has 0 aromatic heterocycles. The molecule has 2 N–H and O–H groups in total. The number of benzene rings is 1. The van der Waals surface area contributed by atoms with Crippen LogP contribution in [0.1, 0.15) is 11.8 Å². The van der Waals surface area contributed by atoms with Gasteiger partial charge in [-0.2, -0.15) is 0 Å². The number of amides is 1. The molecule has 0 aliphatic rings. The Bertz CT molecular complexity index is 230. The van der Waals surface area contributed by atoms with Crippen molar-refractivity contribution in [3.05, 3.63) is 35.9 Å². The molecule has 0 heterocycles. The minimum atomic E-state index is -0.486. The van der Waals surface area contributed by atoms with Gasteiger partial charge in [0.25, 0.3) is 5.91 Å². The van der Waals surface area contributed by atoms with Crippen molar-refractivity contribution in [3.63, 3.8) is 0 Å². The number of hydrogen-bond donors (Lipinski definition) is 2. The summed E-state index contributed by atoms with van der Waals surface area (Å²) in [5.41, 5.74) is 1.99. The Kier molecular flexibility index (Phi) is 5.15. The molecule has 0 fully saturated rings. The van der Waals surface area contributed by atoms with Crippen LogP contribution in [-0.2, 0) is 0 Å². The zero-order valence-electron chi connectivity index (χ0n) is 7.24. The summed E-state index contributed by atoms with van der Waals surface area (Å²) in [5, 5.41) is 8.19. The zero-order valence-corrected chi connectivity index (χ0v) is 8.24. The van der Waals surface area contributed by atoms with Gasteiger partial charge in [-0.3, -0.25) is 10.0 Å². The van der Waals surface area contributed by atoms with Crippen molar-refractivity contribution in [1.29, 1.82) is 0 Å². The first-order chi connectivity index (χ1) is 4.84. The summed E-state index contributed by atoms with van der Waals surface area (Å²) in [5.74, 6) is -0.486. The van der Waals surface area contributed by atoms with Crippen LogP contribution in [0.15, 0.2) is 30.3 Å². The Morgan fingerprint density at radius 1 is 1.36 bits per heavy atom. The second kappa shape index (κ2) is 5.32. The number of carbonyl (C=O) groups excluding carboxylic acids is 1. The maximum Gasteiger partial charge on any atom is 1.00 e. The molecule has 54 valence electrons. The van der Waals surface area contributed by atoms with Crippen LogP contribution in [0.25, 0.3) is 0 Å². The second-order valence-electron chi connectivity index (χ2n) is 1.81. The van der Waals surface area contributed by atoms with Gasteiger partial charge in [-0.05, 0) is 12.1 Å². The van der Waals surface area contributed by atoms with Crippen molar-refractivity contribution < 1.29 is 41.0 Å². The third-order valence-electron chi connectivity index (χ3n) is 1.14. The maximum atomic E-state index is 10.7. The molecule has 1 rings (SSSR count). The molecule has 1 amide bonds. The topological polar surface area (TPSA) is 49.3 Å². The summed E-state index contributed by atoms with van der Waals surface area (Å²) in [6, 6.07) is 8.49.